The van der Waals surface area contributed by atoms with E-state index in [-0.39, 0.29) is 0 Å². The monoisotopic (exact) mass is 247 g/mol. The van der Waals surface area contributed by atoms with Crippen molar-refractivity contribution in [3.8, 4) is 5.75 Å². The Hall–Kier alpha value is -1.48. The van der Waals surface area contributed by atoms with E-state index in [2.05, 4.69) is 25.2 Å². The first-order valence-corrected chi connectivity index (χ1v) is 6.55. The number of furan rings is 1. The fourth-order valence-corrected chi connectivity index (χ4v) is 1.90. The summed E-state index contributed by atoms with van der Waals surface area (Å²) < 4.78 is 11.2. The van der Waals surface area contributed by atoms with E-state index in [9.17, 15) is 0 Å². The van der Waals surface area contributed by atoms with Crippen LogP contribution in [0.15, 0.2) is 28.7 Å². The smallest absolute Gasteiger partial charge is 0.134 e. The Morgan fingerprint density at radius 3 is 2.83 bits per heavy atom. The minimum absolute atomic E-state index is 0.652. The van der Waals surface area contributed by atoms with Crippen molar-refractivity contribution in [3.63, 3.8) is 0 Å². The average Bonchev–Trinajstić information content (AvgIpc) is 2.71. The van der Waals surface area contributed by atoms with Crippen molar-refractivity contribution in [1.29, 1.82) is 0 Å². The van der Waals surface area contributed by atoms with Crippen molar-refractivity contribution < 1.29 is 9.15 Å². The zero-order valence-electron chi connectivity index (χ0n) is 11.3. The van der Waals surface area contributed by atoms with Crippen molar-refractivity contribution in [2.24, 2.45) is 5.92 Å². The zero-order valence-corrected chi connectivity index (χ0v) is 11.3. The van der Waals surface area contributed by atoms with Gasteiger partial charge in [-0.2, -0.15) is 0 Å². The van der Waals surface area contributed by atoms with Gasteiger partial charge in [-0.15, -0.1) is 0 Å². The number of rotatable bonds is 6. The Labute approximate surface area is 108 Å². The molecule has 0 aliphatic rings. The molecule has 0 amide bonds. The van der Waals surface area contributed by atoms with Gasteiger partial charge in [-0.1, -0.05) is 13.8 Å². The van der Waals surface area contributed by atoms with Crippen LogP contribution in [0.3, 0.4) is 0 Å². The molecule has 1 heterocycles. The lowest BCUT2D eigenvalue weighted by Crippen LogP contribution is -2.18. The fourth-order valence-electron chi connectivity index (χ4n) is 1.90. The minimum atomic E-state index is 0.652. The Morgan fingerprint density at radius 2 is 2.11 bits per heavy atom. The predicted octanol–water partition coefficient (Wildman–Crippen LogP) is 3.58. The fraction of sp³-hybridized carbons (Fsp3) is 0.467. The van der Waals surface area contributed by atoms with Gasteiger partial charge in [0.25, 0.3) is 0 Å². The molecular weight excluding hydrogens is 226 g/mol. The normalized spacial score (nSPS) is 11.3. The van der Waals surface area contributed by atoms with Crippen molar-refractivity contribution in [2.45, 2.75) is 27.3 Å². The molecule has 3 nitrogen and oxygen atoms in total. The molecule has 98 valence electrons. The second kappa shape index (κ2) is 5.91. The van der Waals surface area contributed by atoms with Gasteiger partial charge in [0.15, 0.2) is 0 Å². The van der Waals surface area contributed by atoms with E-state index in [1.165, 1.54) is 0 Å². The lowest BCUT2D eigenvalue weighted by atomic mass is 10.2. The number of hydrogen-bond donors (Lipinski definition) is 1. The highest BCUT2D eigenvalue weighted by Gasteiger charge is 2.05. The van der Waals surface area contributed by atoms with Crippen LogP contribution in [-0.2, 0) is 6.54 Å². The molecular formula is C15H21NO2. The minimum Gasteiger partial charge on any atom is -0.494 e. The van der Waals surface area contributed by atoms with Crippen LogP contribution in [0.5, 0.6) is 5.75 Å². The molecule has 0 aliphatic carbocycles. The number of hydrogen-bond acceptors (Lipinski definition) is 3. The summed E-state index contributed by atoms with van der Waals surface area (Å²) >= 11 is 0. The van der Waals surface area contributed by atoms with Gasteiger partial charge in [0, 0.05) is 5.39 Å². The second-order valence-corrected chi connectivity index (χ2v) is 4.87. The van der Waals surface area contributed by atoms with E-state index in [4.69, 9.17) is 9.15 Å². The molecule has 0 aliphatic heterocycles. The molecule has 2 rings (SSSR count). The van der Waals surface area contributed by atoms with Crippen LogP contribution in [0.25, 0.3) is 11.0 Å². The number of ether oxygens (including phenoxy) is 1. The van der Waals surface area contributed by atoms with E-state index < -0.39 is 0 Å². The topological polar surface area (TPSA) is 34.4 Å². The van der Waals surface area contributed by atoms with Gasteiger partial charge >= 0.3 is 0 Å². The molecule has 2 aromatic rings. The van der Waals surface area contributed by atoms with Crippen LogP contribution >= 0.6 is 0 Å². The molecule has 0 spiro atoms. The maximum Gasteiger partial charge on any atom is 0.134 e. The van der Waals surface area contributed by atoms with Gasteiger partial charge in [-0.05, 0) is 43.7 Å². The summed E-state index contributed by atoms with van der Waals surface area (Å²) in [6.45, 7) is 8.84. The van der Waals surface area contributed by atoms with Gasteiger partial charge in [0.2, 0.25) is 0 Å². The molecule has 1 aromatic heterocycles. The number of fused-ring (bicyclic) bond motifs is 1. The number of benzene rings is 1. The van der Waals surface area contributed by atoms with Crippen molar-refractivity contribution in [3.05, 3.63) is 30.0 Å². The molecule has 0 bridgehead atoms. The van der Waals surface area contributed by atoms with Crippen LogP contribution in [0.4, 0.5) is 0 Å². The molecule has 18 heavy (non-hydrogen) atoms. The summed E-state index contributed by atoms with van der Waals surface area (Å²) in [7, 11) is 0. The Morgan fingerprint density at radius 1 is 1.28 bits per heavy atom. The molecule has 0 unspecified atom stereocenters. The third-order valence-corrected chi connectivity index (χ3v) is 2.70. The van der Waals surface area contributed by atoms with Gasteiger partial charge in [-0.25, -0.2) is 0 Å². The number of nitrogens with one attached hydrogen (secondary N) is 1. The van der Waals surface area contributed by atoms with Crippen LogP contribution in [0.2, 0.25) is 0 Å². The molecule has 0 radical (unpaired) electrons. The molecule has 0 saturated heterocycles. The summed E-state index contributed by atoms with van der Waals surface area (Å²) in [5, 5.41) is 4.48. The molecule has 0 fully saturated rings. The van der Waals surface area contributed by atoms with E-state index in [1.807, 2.05) is 25.1 Å². The third-order valence-electron chi connectivity index (χ3n) is 2.70. The summed E-state index contributed by atoms with van der Waals surface area (Å²) in [6.07, 6.45) is 0. The van der Waals surface area contributed by atoms with Crippen LogP contribution in [0.1, 0.15) is 26.5 Å². The van der Waals surface area contributed by atoms with E-state index in [1.54, 1.807) is 0 Å². The van der Waals surface area contributed by atoms with Crippen molar-refractivity contribution in [1.82, 2.24) is 5.32 Å². The SMILES string of the molecule is CCOc1ccc2oc(CNCC(C)C)cc2c1. The van der Waals surface area contributed by atoms with Gasteiger partial charge < -0.3 is 14.5 Å². The summed E-state index contributed by atoms with van der Waals surface area (Å²) in [5.74, 6) is 2.52. The largest absolute Gasteiger partial charge is 0.494 e. The molecule has 1 aromatic carbocycles. The van der Waals surface area contributed by atoms with Crippen molar-refractivity contribution >= 4 is 11.0 Å². The highest BCUT2D eigenvalue weighted by atomic mass is 16.5. The summed E-state index contributed by atoms with van der Waals surface area (Å²) in [5.41, 5.74) is 0.916. The maximum absolute atomic E-state index is 5.76. The Bertz CT molecular complexity index is 502. The lowest BCUT2D eigenvalue weighted by Gasteiger charge is -2.04. The Kier molecular flexibility index (Phi) is 4.26. The van der Waals surface area contributed by atoms with Crippen LogP contribution < -0.4 is 10.1 Å². The van der Waals surface area contributed by atoms with Gasteiger partial charge in [0.1, 0.15) is 17.1 Å². The predicted molar refractivity (Wildman–Crippen MR) is 73.9 cm³/mol. The molecule has 1 N–H and O–H groups in total. The van der Waals surface area contributed by atoms with Gasteiger partial charge in [-0.3, -0.25) is 0 Å². The van der Waals surface area contributed by atoms with Gasteiger partial charge in [0.05, 0.1) is 13.2 Å². The van der Waals surface area contributed by atoms with Crippen LogP contribution in [-0.4, -0.2) is 13.2 Å². The average molecular weight is 247 g/mol. The highest BCUT2D eigenvalue weighted by Crippen LogP contribution is 2.24. The summed E-state index contributed by atoms with van der Waals surface area (Å²) in [4.78, 5) is 0. The second-order valence-electron chi connectivity index (χ2n) is 4.87. The maximum atomic E-state index is 5.76. The molecule has 0 atom stereocenters. The van der Waals surface area contributed by atoms with E-state index in [0.29, 0.717) is 12.5 Å². The highest BCUT2D eigenvalue weighted by molar-refractivity contribution is 5.79. The van der Waals surface area contributed by atoms with E-state index >= 15 is 0 Å². The Balaban J connectivity index is 2.07. The van der Waals surface area contributed by atoms with Crippen molar-refractivity contribution in [2.75, 3.05) is 13.2 Å². The third kappa shape index (κ3) is 3.26. The first-order valence-electron chi connectivity index (χ1n) is 6.55. The summed E-state index contributed by atoms with van der Waals surface area (Å²) in [6, 6.07) is 8.01. The lowest BCUT2D eigenvalue weighted by molar-refractivity contribution is 0.340. The standard InChI is InChI=1S/C15H21NO2/c1-4-17-13-5-6-15-12(7-13)8-14(18-15)10-16-9-11(2)3/h5-8,11,16H,4,9-10H2,1-3H3. The van der Waals surface area contributed by atoms with Crippen LogP contribution in [0, 0.1) is 5.92 Å². The van der Waals surface area contributed by atoms with E-state index in [0.717, 1.165) is 35.6 Å². The first kappa shape index (κ1) is 13.0. The zero-order chi connectivity index (χ0) is 13.0. The molecule has 3 heteroatoms. The first-order chi connectivity index (χ1) is 8.69. The molecule has 0 saturated carbocycles. The quantitative estimate of drug-likeness (QED) is 0.847.